The summed E-state index contributed by atoms with van der Waals surface area (Å²) in [5, 5.41) is 8.82. The minimum atomic E-state index is -1.01. The molecule has 1 saturated carbocycles. The van der Waals surface area contributed by atoms with Crippen LogP contribution < -0.4 is 0 Å². The number of rotatable bonds is 6. The summed E-state index contributed by atoms with van der Waals surface area (Å²) in [5.41, 5.74) is 0. The lowest BCUT2D eigenvalue weighted by Gasteiger charge is -2.26. The number of hydrogen-bond acceptors (Lipinski definition) is 3. The van der Waals surface area contributed by atoms with Crippen molar-refractivity contribution in [2.45, 2.75) is 32.7 Å². The fraction of sp³-hybridized carbons (Fsp3) is 0.615. The molecule has 0 aliphatic heterocycles. The van der Waals surface area contributed by atoms with E-state index in [1.807, 2.05) is 0 Å². The molecule has 0 radical (unpaired) electrons. The Morgan fingerprint density at radius 1 is 1.59 bits per heavy atom. The minimum absolute atomic E-state index is 0.0225. The van der Waals surface area contributed by atoms with Gasteiger partial charge in [-0.3, -0.25) is 4.90 Å². The van der Waals surface area contributed by atoms with E-state index in [-0.39, 0.29) is 11.8 Å². The summed E-state index contributed by atoms with van der Waals surface area (Å²) in [6, 6.07) is 3.44. The lowest BCUT2D eigenvalue weighted by molar-refractivity contribution is 0.0656. The summed E-state index contributed by atoms with van der Waals surface area (Å²) < 4.78 is 5.35. The number of carboxylic acid groups (broad SMARTS) is 1. The molecular weight excluding hydrogens is 218 g/mol. The number of furan rings is 1. The quantitative estimate of drug-likeness (QED) is 0.826. The number of carbonyl (C=O) groups is 1. The van der Waals surface area contributed by atoms with E-state index >= 15 is 0 Å². The summed E-state index contributed by atoms with van der Waals surface area (Å²) in [6.45, 7) is 6.23. The standard InChI is InChI=1S/C13H19NO3/c1-3-14(8-10-4-5-10)9(2)11-6-7-12(17-11)13(15)16/h6-7,9-10H,3-5,8H2,1-2H3,(H,15,16). The van der Waals surface area contributed by atoms with Gasteiger partial charge in [0.05, 0.1) is 6.04 Å². The SMILES string of the molecule is CCN(CC1CC1)C(C)c1ccc(C(=O)O)o1. The van der Waals surface area contributed by atoms with Gasteiger partial charge in [0, 0.05) is 6.54 Å². The van der Waals surface area contributed by atoms with E-state index in [1.165, 1.54) is 18.9 Å². The topological polar surface area (TPSA) is 53.7 Å². The first kappa shape index (κ1) is 12.2. The van der Waals surface area contributed by atoms with Crippen LogP contribution in [0.2, 0.25) is 0 Å². The average Bonchev–Trinajstić information content (AvgIpc) is 2.97. The van der Waals surface area contributed by atoms with Crippen molar-refractivity contribution in [3.05, 3.63) is 23.7 Å². The number of hydrogen-bond donors (Lipinski definition) is 1. The van der Waals surface area contributed by atoms with Crippen LogP contribution >= 0.6 is 0 Å². The first-order chi connectivity index (χ1) is 8.11. The highest BCUT2D eigenvalue weighted by Crippen LogP contribution is 2.32. The normalized spacial score (nSPS) is 17.4. The van der Waals surface area contributed by atoms with Crippen molar-refractivity contribution in [3.63, 3.8) is 0 Å². The lowest BCUT2D eigenvalue weighted by atomic mass is 10.2. The molecule has 0 bridgehead atoms. The monoisotopic (exact) mass is 237 g/mol. The molecule has 1 aliphatic carbocycles. The number of aromatic carboxylic acids is 1. The first-order valence-electron chi connectivity index (χ1n) is 6.19. The fourth-order valence-corrected chi connectivity index (χ4v) is 2.07. The highest BCUT2D eigenvalue weighted by Gasteiger charge is 2.27. The summed E-state index contributed by atoms with van der Waals surface area (Å²) >= 11 is 0. The third-order valence-electron chi connectivity index (χ3n) is 3.39. The van der Waals surface area contributed by atoms with Gasteiger partial charge in [0.2, 0.25) is 5.76 Å². The first-order valence-corrected chi connectivity index (χ1v) is 6.19. The highest BCUT2D eigenvalue weighted by molar-refractivity contribution is 5.84. The van der Waals surface area contributed by atoms with Crippen LogP contribution in [0.25, 0.3) is 0 Å². The summed E-state index contributed by atoms with van der Waals surface area (Å²) in [4.78, 5) is 13.1. The van der Waals surface area contributed by atoms with Gasteiger partial charge in [-0.2, -0.15) is 0 Å². The van der Waals surface area contributed by atoms with Crippen LogP contribution in [-0.2, 0) is 0 Å². The Labute approximate surface area is 101 Å². The molecule has 1 aromatic heterocycles. The van der Waals surface area contributed by atoms with Gasteiger partial charge in [-0.05, 0) is 44.4 Å². The van der Waals surface area contributed by atoms with Gasteiger partial charge < -0.3 is 9.52 Å². The zero-order chi connectivity index (χ0) is 12.4. The van der Waals surface area contributed by atoms with Crippen molar-refractivity contribution in [2.75, 3.05) is 13.1 Å². The van der Waals surface area contributed by atoms with Gasteiger partial charge in [0.25, 0.3) is 0 Å². The molecule has 1 heterocycles. The maximum absolute atomic E-state index is 10.8. The van der Waals surface area contributed by atoms with Crippen molar-refractivity contribution in [1.82, 2.24) is 4.90 Å². The average molecular weight is 237 g/mol. The van der Waals surface area contributed by atoms with Crippen molar-refractivity contribution in [3.8, 4) is 0 Å². The molecular formula is C13H19NO3. The van der Waals surface area contributed by atoms with Crippen LogP contribution in [0.3, 0.4) is 0 Å². The molecule has 1 aliphatic rings. The molecule has 0 amide bonds. The van der Waals surface area contributed by atoms with Gasteiger partial charge >= 0.3 is 5.97 Å². The second-order valence-corrected chi connectivity index (χ2v) is 4.71. The van der Waals surface area contributed by atoms with Crippen LogP contribution in [0.15, 0.2) is 16.5 Å². The largest absolute Gasteiger partial charge is 0.475 e. The van der Waals surface area contributed by atoms with E-state index in [0.29, 0.717) is 0 Å². The third kappa shape index (κ3) is 2.88. The van der Waals surface area contributed by atoms with Gasteiger partial charge in [0.15, 0.2) is 0 Å². The third-order valence-corrected chi connectivity index (χ3v) is 3.39. The van der Waals surface area contributed by atoms with Gasteiger partial charge in [0.1, 0.15) is 5.76 Å². The molecule has 2 rings (SSSR count). The molecule has 0 spiro atoms. The molecule has 1 aromatic rings. The molecule has 4 heteroatoms. The smallest absolute Gasteiger partial charge is 0.371 e. The highest BCUT2D eigenvalue weighted by atomic mass is 16.4. The van der Waals surface area contributed by atoms with Crippen molar-refractivity contribution >= 4 is 5.97 Å². The molecule has 1 atom stereocenters. The van der Waals surface area contributed by atoms with Gasteiger partial charge in [-0.15, -0.1) is 0 Å². The Morgan fingerprint density at radius 2 is 2.29 bits per heavy atom. The Kier molecular flexibility index (Phi) is 3.52. The zero-order valence-corrected chi connectivity index (χ0v) is 10.3. The summed E-state index contributed by atoms with van der Waals surface area (Å²) in [7, 11) is 0. The molecule has 94 valence electrons. The van der Waals surface area contributed by atoms with Gasteiger partial charge in [-0.25, -0.2) is 4.79 Å². The van der Waals surface area contributed by atoms with E-state index in [9.17, 15) is 4.79 Å². The van der Waals surface area contributed by atoms with E-state index in [2.05, 4.69) is 18.7 Å². The maximum atomic E-state index is 10.8. The molecule has 1 unspecified atom stereocenters. The molecule has 1 fully saturated rings. The number of carboxylic acids is 1. The Balaban J connectivity index is 2.04. The van der Waals surface area contributed by atoms with E-state index < -0.39 is 5.97 Å². The van der Waals surface area contributed by atoms with Crippen LogP contribution in [0.5, 0.6) is 0 Å². The van der Waals surface area contributed by atoms with Crippen LogP contribution in [-0.4, -0.2) is 29.1 Å². The summed E-state index contributed by atoms with van der Waals surface area (Å²) in [5.74, 6) is 0.583. The maximum Gasteiger partial charge on any atom is 0.371 e. The molecule has 0 saturated heterocycles. The predicted octanol–water partition coefficient (Wildman–Crippen LogP) is 2.77. The molecule has 4 nitrogen and oxygen atoms in total. The van der Waals surface area contributed by atoms with Crippen LogP contribution in [0.1, 0.15) is 49.0 Å². The molecule has 1 N–H and O–H groups in total. The van der Waals surface area contributed by atoms with Crippen molar-refractivity contribution in [2.24, 2.45) is 5.92 Å². The van der Waals surface area contributed by atoms with Crippen LogP contribution in [0, 0.1) is 5.92 Å². The second kappa shape index (κ2) is 4.92. The van der Waals surface area contributed by atoms with E-state index in [4.69, 9.17) is 9.52 Å². The lowest BCUT2D eigenvalue weighted by Crippen LogP contribution is -2.28. The zero-order valence-electron chi connectivity index (χ0n) is 10.3. The number of nitrogens with zero attached hydrogens (tertiary/aromatic N) is 1. The molecule has 0 aromatic carbocycles. The molecule has 17 heavy (non-hydrogen) atoms. The van der Waals surface area contributed by atoms with Gasteiger partial charge in [-0.1, -0.05) is 6.92 Å². The van der Waals surface area contributed by atoms with Crippen LogP contribution in [0.4, 0.5) is 0 Å². The second-order valence-electron chi connectivity index (χ2n) is 4.71. The van der Waals surface area contributed by atoms with Crippen molar-refractivity contribution < 1.29 is 14.3 Å². The van der Waals surface area contributed by atoms with E-state index in [0.717, 1.165) is 24.8 Å². The summed E-state index contributed by atoms with van der Waals surface area (Å²) in [6.07, 6.45) is 2.64. The Hall–Kier alpha value is -1.29. The Bertz CT molecular complexity index is 395. The fourth-order valence-electron chi connectivity index (χ4n) is 2.07. The Morgan fingerprint density at radius 3 is 2.76 bits per heavy atom. The van der Waals surface area contributed by atoms with E-state index in [1.54, 1.807) is 6.07 Å². The predicted molar refractivity (Wildman–Crippen MR) is 64.1 cm³/mol. The van der Waals surface area contributed by atoms with Crippen molar-refractivity contribution in [1.29, 1.82) is 0 Å². The minimum Gasteiger partial charge on any atom is -0.475 e.